The lowest BCUT2D eigenvalue weighted by Crippen LogP contribution is -2.03. The molecule has 0 saturated heterocycles. The van der Waals surface area contributed by atoms with E-state index in [-0.39, 0.29) is 17.4 Å². The smallest absolute Gasteiger partial charge is 0.295 e. The molecule has 2 aromatic heterocycles. The van der Waals surface area contributed by atoms with Crippen LogP contribution < -0.4 is 0 Å². The van der Waals surface area contributed by atoms with Crippen LogP contribution in [0.3, 0.4) is 0 Å². The summed E-state index contributed by atoms with van der Waals surface area (Å²) in [5, 5.41) is 0.578. The van der Waals surface area contributed by atoms with E-state index in [9.17, 15) is 13.2 Å². The van der Waals surface area contributed by atoms with Gasteiger partial charge in [0.25, 0.3) is 0 Å². The maximum absolute atomic E-state index is 13.3. The van der Waals surface area contributed by atoms with Crippen molar-refractivity contribution in [3.63, 3.8) is 0 Å². The third-order valence-corrected chi connectivity index (χ3v) is 3.95. The van der Waals surface area contributed by atoms with Crippen molar-refractivity contribution in [3.8, 4) is 5.69 Å². The topological polar surface area (TPSA) is 35.6 Å². The molecule has 0 aliphatic carbocycles. The molecule has 0 aliphatic rings. The predicted molar refractivity (Wildman–Crippen MR) is 76.6 cm³/mol. The molecule has 0 atom stereocenters. The average Bonchev–Trinajstić information content (AvgIpc) is 3.14. The van der Waals surface area contributed by atoms with Gasteiger partial charge >= 0.3 is 6.55 Å². The number of rotatable bonds is 5. The van der Waals surface area contributed by atoms with Crippen LogP contribution >= 0.6 is 11.8 Å². The van der Waals surface area contributed by atoms with Crippen molar-refractivity contribution in [1.29, 1.82) is 0 Å². The van der Waals surface area contributed by atoms with Gasteiger partial charge in [-0.3, -0.25) is 9.13 Å². The fourth-order valence-corrected chi connectivity index (χ4v) is 2.90. The average molecular weight is 324 g/mol. The van der Waals surface area contributed by atoms with Gasteiger partial charge in [0.15, 0.2) is 5.16 Å². The van der Waals surface area contributed by atoms with Crippen LogP contribution in [-0.4, -0.2) is 19.1 Å². The molecule has 0 bridgehead atoms. The van der Waals surface area contributed by atoms with Crippen LogP contribution in [0.25, 0.3) is 5.69 Å². The van der Waals surface area contributed by atoms with Gasteiger partial charge in [0, 0.05) is 24.8 Å². The number of benzene rings is 1. The number of hydrogen-bond donors (Lipinski definition) is 0. The summed E-state index contributed by atoms with van der Waals surface area (Å²) in [6.07, 6.45) is 5.84. The summed E-state index contributed by atoms with van der Waals surface area (Å²) in [4.78, 5) is 8.09. The van der Waals surface area contributed by atoms with Crippen LogP contribution in [0.15, 0.2) is 54.2 Å². The number of halogens is 3. The molecule has 8 heteroatoms. The maximum atomic E-state index is 13.3. The van der Waals surface area contributed by atoms with Crippen LogP contribution in [-0.2, 0) is 5.75 Å². The fraction of sp³-hybridized carbons (Fsp3) is 0.143. The van der Waals surface area contributed by atoms with Gasteiger partial charge in [-0.15, -0.1) is 0 Å². The van der Waals surface area contributed by atoms with E-state index in [1.54, 1.807) is 29.1 Å². The second-order valence-electron chi connectivity index (χ2n) is 4.38. The van der Waals surface area contributed by atoms with Crippen molar-refractivity contribution in [3.05, 3.63) is 60.7 Å². The predicted octanol–water partition coefficient (Wildman–Crippen LogP) is 3.90. The summed E-state index contributed by atoms with van der Waals surface area (Å²) in [5.74, 6) is 0.146. The van der Waals surface area contributed by atoms with Crippen LogP contribution in [0.1, 0.15) is 12.4 Å². The highest BCUT2D eigenvalue weighted by molar-refractivity contribution is 7.98. The van der Waals surface area contributed by atoms with E-state index in [0.717, 1.165) is 4.57 Å². The van der Waals surface area contributed by atoms with Gasteiger partial charge in [-0.25, -0.2) is 14.4 Å². The molecule has 4 nitrogen and oxygen atoms in total. The molecule has 3 aromatic rings. The van der Waals surface area contributed by atoms with Gasteiger partial charge in [-0.05, 0) is 18.2 Å². The van der Waals surface area contributed by atoms with E-state index in [1.165, 1.54) is 36.3 Å². The largest absolute Gasteiger partial charge is 0.319 e. The number of imidazole rings is 2. The zero-order valence-corrected chi connectivity index (χ0v) is 12.1. The highest BCUT2D eigenvalue weighted by atomic mass is 32.2. The Hall–Kier alpha value is -2.22. The van der Waals surface area contributed by atoms with Gasteiger partial charge in [-0.1, -0.05) is 17.8 Å². The van der Waals surface area contributed by atoms with Crippen LogP contribution in [0, 0.1) is 5.82 Å². The lowest BCUT2D eigenvalue weighted by molar-refractivity contribution is 0.0678. The molecule has 0 unspecified atom stereocenters. The summed E-state index contributed by atoms with van der Waals surface area (Å²) < 4.78 is 41.3. The third kappa shape index (κ3) is 3.01. The zero-order chi connectivity index (χ0) is 15.5. The highest BCUT2D eigenvalue weighted by Gasteiger charge is 2.13. The number of alkyl halides is 2. The first-order valence-corrected chi connectivity index (χ1v) is 7.35. The van der Waals surface area contributed by atoms with E-state index in [2.05, 4.69) is 9.97 Å². The second kappa shape index (κ2) is 6.27. The number of thioether (sulfide) groups is 1. The molecule has 0 N–H and O–H groups in total. The van der Waals surface area contributed by atoms with Crippen molar-refractivity contribution >= 4 is 11.8 Å². The Morgan fingerprint density at radius 3 is 2.73 bits per heavy atom. The monoisotopic (exact) mass is 324 g/mol. The zero-order valence-electron chi connectivity index (χ0n) is 11.2. The molecular weight excluding hydrogens is 313 g/mol. The minimum Gasteiger partial charge on any atom is -0.295 e. The molecule has 3 rings (SSSR count). The normalized spacial score (nSPS) is 11.3. The van der Waals surface area contributed by atoms with E-state index in [0.29, 0.717) is 10.8 Å². The van der Waals surface area contributed by atoms with E-state index in [1.807, 2.05) is 0 Å². The summed E-state index contributed by atoms with van der Waals surface area (Å²) >= 11 is 1.26. The molecule has 1 aromatic carbocycles. The summed E-state index contributed by atoms with van der Waals surface area (Å²) in [6, 6.07) is 6.08. The second-order valence-corrected chi connectivity index (χ2v) is 5.32. The van der Waals surface area contributed by atoms with Crippen molar-refractivity contribution < 1.29 is 13.2 Å². The molecular formula is C14H11F3N4S. The maximum Gasteiger partial charge on any atom is 0.319 e. The molecule has 0 radical (unpaired) electrons. The Morgan fingerprint density at radius 1 is 1.14 bits per heavy atom. The molecule has 0 fully saturated rings. The van der Waals surface area contributed by atoms with Crippen molar-refractivity contribution in [2.75, 3.05) is 0 Å². The summed E-state index contributed by atoms with van der Waals surface area (Å²) in [6.45, 7) is -2.62. The van der Waals surface area contributed by atoms with Crippen LogP contribution in [0.4, 0.5) is 13.2 Å². The van der Waals surface area contributed by atoms with E-state index in [4.69, 9.17) is 0 Å². The van der Waals surface area contributed by atoms with Gasteiger partial charge < -0.3 is 0 Å². The SMILES string of the molecule is Fc1cccc(-n2ccnc2SCc2nccn2C(F)F)c1. The Morgan fingerprint density at radius 2 is 1.95 bits per heavy atom. The van der Waals surface area contributed by atoms with Crippen molar-refractivity contribution in [1.82, 2.24) is 19.1 Å². The summed E-state index contributed by atoms with van der Waals surface area (Å²) in [7, 11) is 0. The molecule has 0 aliphatic heterocycles. The lowest BCUT2D eigenvalue weighted by atomic mass is 10.3. The fourth-order valence-electron chi connectivity index (χ4n) is 1.98. The van der Waals surface area contributed by atoms with Crippen molar-refractivity contribution in [2.24, 2.45) is 0 Å². The summed E-state index contributed by atoms with van der Waals surface area (Å²) in [5.41, 5.74) is 0.622. The van der Waals surface area contributed by atoms with Gasteiger partial charge in [0.2, 0.25) is 0 Å². The molecule has 22 heavy (non-hydrogen) atoms. The number of nitrogens with zero attached hydrogens (tertiary/aromatic N) is 4. The molecule has 0 amide bonds. The number of aromatic nitrogens is 4. The third-order valence-electron chi connectivity index (χ3n) is 2.98. The van der Waals surface area contributed by atoms with E-state index < -0.39 is 6.55 Å². The quantitative estimate of drug-likeness (QED) is 0.668. The molecule has 2 heterocycles. The van der Waals surface area contributed by atoms with Crippen LogP contribution in [0.2, 0.25) is 0 Å². The van der Waals surface area contributed by atoms with Gasteiger partial charge in [0.05, 0.1) is 11.4 Å². The standard InChI is InChI=1S/C14H11F3N4S/c15-10-2-1-3-11(8-10)20-6-5-19-14(20)22-9-12-18-4-7-21(12)13(16)17/h1-8,13H,9H2. The first-order valence-electron chi connectivity index (χ1n) is 6.37. The van der Waals surface area contributed by atoms with Gasteiger partial charge in [-0.2, -0.15) is 8.78 Å². The molecule has 0 saturated carbocycles. The van der Waals surface area contributed by atoms with Crippen molar-refractivity contribution in [2.45, 2.75) is 17.5 Å². The lowest BCUT2D eigenvalue weighted by Gasteiger charge is -2.08. The number of hydrogen-bond acceptors (Lipinski definition) is 3. The Balaban J connectivity index is 1.80. The Kier molecular flexibility index (Phi) is 4.19. The minimum atomic E-state index is -2.62. The Bertz CT molecular complexity index is 769. The first kappa shape index (κ1) is 14.7. The highest BCUT2D eigenvalue weighted by Crippen LogP contribution is 2.25. The molecule has 114 valence electrons. The van der Waals surface area contributed by atoms with Gasteiger partial charge in [0.1, 0.15) is 11.6 Å². The minimum absolute atomic E-state index is 0.240. The van der Waals surface area contributed by atoms with Crippen LogP contribution in [0.5, 0.6) is 0 Å². The Labute approximate surface area is 128 Å². The first-order chi connectivity index (χ1) is 10.6. The van der Waals surface area contributed by atoms with E-state index >= 15 is 0 Å². The molecule has 0 spiro atoms.